The van der Waals surface area contributed by atoms with Gasteiger partial charge in [0, 0.05) is 24.7 Å². The van der Waals surface area contributed by atoms with E-state index in [0.29, 0.717) is 0 Å². The number of rotatable bonds is 4. The Morgan fingerprint density at radius 1 is 1.62 bits per heavy atom. The van der Waals surface area contributed by atoms with Crippen LogP contribution in [0, 0.1) is 0 Å². The maximum Gasteiger partial charge on any atom is 0.237 e. The number of hydrogen-bond donors (Lipinski definition) is 2. The molecule has 0 aromatic carbocycles. The van der Waals surface area contributed by atoms with E-state index in [1.165, 1.54) is 0 Å². The molecule has 0 saturated carbocycles. The summed E-state index contributed by atoms with van der Waals surface area (Å²) in [4.78, 5) is 14.2. The molecule has 4 nitrogen and oxygen atoms in total. The molecular weight excluding hydrogens is 202 g/mol. The first-order valence-electron chi connectivity index (χ1n) is 6.17. The maximum atomic E-state index is 12.0. The Labute approximate surface area is 98.6 Å². The lowest BCUT2D eigenvalue weighted by atomic mass is 10.0. The Balaban J connectivity index is 2.48. The van der Waals surface area contributed by atoms with Gasteiger partial charge < -0.3 is 11.1 Å². The van der Waals surface area contributed by atoms with Crippen LogP contribution in [0.15, 0.2) is 0 Å². The van der Waals surface area contributed by atoms with Crippen LogP contribution in [-0.2, 0) is 4.79 Å². The van der Waals surface area contributed by atoms with Crippen LogP contribution in [0.2, 0.25) is 0 Å². The summed E-state index contributed by atoms with van der Waals surface area (Å²) in [6.07, 6.45) is 1.93. The first-order chi connectivity index (χ1) is 7.35. The van der Waals surface area contributed by atoms with Gasteiger partial charge in [-0.05, 0) is 33.6 Å². The summed E-state index contributed by atoms with van der Waals surface area (Å²) in [7, 11) is 0. The van der Waals surface area contributed by atoms with E-state index in [-0.39, 0.29) is 23.5 Å². The molecule has 1 aliphatic rings. The van der Waals surface area contributed by atoms with E-state index < -0.39 is 0 Å². The van der Waals surface area contributed by atoms with E-state index in [2.05, 4.69) is 17.1 Å². The summed E-state index contributed by atoms with van der Waals surface area (Å²) in [5, 5.41) is 3.08. The molecule has 0 aromatic heterocycles. The standard InChI is InChI=1S/C12H25N3O/c1-5-12(3,4)14-11(16)9(2)15-7-6-10(13)8-15/h9-10H,5-8,13H2,1-4H3,(H,14,16)/t9?,10-/m1/s1. The summed E-state index contributed by atoms with van der Waals surface area (Å²) >= 11 is 0. The molecule has 94 valence electrons. The average Bonchev–Trinajstić information content (AvgIpc) is 2.63. The monoisotopic (exact) mass is 227 g/mol. The molecule has 1 rings (SSSR count). The SMILES string of the molecule is CCC(C)(C)NC(=O)C(C)N1CC[C@@H](N)C1. The van der Waals surface area contributed by atoms with Crippen molar-refractivity contribution >= 4 is 5.91 Å². The molecule has 0 bridgehead atoms. The van der Waals surface area contributed by atoms with E-state index in [1.54, 1.807) is 0 Å². The molecule has 0 radical (unpaired) electrons. The number of nitrogens with two attached hydrogens (primary N) is 1. The van der Waals surface area contributed by atoms with Gasteiger partial charge in [-0.3, -0.25) is 9.69 Å². The van der Waals surface area contributed by atoms with Crippen LogP contribution in [0.1, 0.15) is 40.5 Å². The van der Waals surface area contributed by atoms with Crippen LogP contribution >= 0.6 is 0 Å². The molecule has 2 atom stereocenters. The number of amides is 1. The minimum Gasteiger partial charge on any atom is -0.350 e. The van der Waals surface area contributed by atoms with Crippen LogP contribution in [0.3, 0.4) is 0 Å². The van der Waals surface area contributed by atoms with Gasteiger partial charge in [0.25, 0.3) is 0 Å². The zero-order chi connectivity index (χ0) is 12.3. The molecule has 3 N–H and O–H groups in total. The number of hydrogen-bond acceptors (Lipinski definition) is 3. The maximum absolute atomic E-state index is 12.0. The Bertz CT molecular complexity index is 253. The number of nitrogens with zero attached hydrogens (tertiary/aromatic N) is 1. The smallest absolute Gasteiger partial charge is 0.237 e. The highest BCUT2D eigenvalue weighted by Gasteiger charge is 2.29. The minimum atomic E-state index is -0.118. The quantitative estimate of drug-likeness (QED) is 0.744. The van der Waals surface area contributed by atoms with Crippen molar-refractivity contribution in [3.8, 4) is 0 Å². The van der Waals surface area contributed by atoms with Crippen molar-refractivity contribution in [2.45, 2.75) is 58.2 Å². The number of nitrogens with one attached hydrogen (secondary N) is 1. The van der Waals surface area contributed by atoms with Crippen molar-refractivity contribution in [1.82, 2.24) is 10.2 Å². The fraction of sp³-hybridized carbons (Fsp3) is 0.917. The topological polar surface area (TPSA) is 58.4 Å². The fourth-order valence-electron chi connectivity index (χ4n) is 1.86. The van der Waals surface area contributed by atoms with Gasteiger partial charge in [-0.15, -0.1) is 0 Å². The normalized spacial score (nSPS) is 24.4. The predicted octanol–water partition coefficient (Wildman–Crippen LogP) is 0.713. The second kappa shape index (κ2) is 5.15. The van der Waals surface area contributed by atoms with E-state index in [0.717, 1.165) is 25.9 Å². The van der Waals surface area contributed by atoms with Crippen molar-refractivity contribution in [2.24, 2.45) is 5.73 Å². The highest BCUT2D eigenvalue weighted by atomic mass is 16.2. The molecule has 4 heteroatoms. The fourth-order valence-corrected chi connectivity index (χ4v) is 1.86. The first-order valence-corrected chi connectivity index (χ1v) is 6.17. The zero-order valence-electron chi connectivity index (χ0n) is 10.9. The Hall–Kier alpha value is -0.610. The molecule has 1 amide bonds. The second-order valence-corrected chi connectivity index (χ2v) is 5.45. The molecule has 1 heterocycles. The predicted molar refractivity (Wildman–Crippen MR) is 66.1 cm³/mol. The van der Waals surface area contributed by atoms with E-state index >= 15 is 0 Å². The Morgan fingerprint density at radius 2 is 2.25 bits per heavy atom. The van der Waals surface area contributed by atoms with Crippen molar-refractivity contribution in [2.75, 3.05) is 13.1 Å². The number of carbonyl (C=O) groups is 1. The van der Waals surface area contributed by atoms with Gasteiger partial charge in [0.05, 0.1) is 6.04 Å². The van der Waals surface area contributed by atoms with Crippen molar-refractivity contribution < 1.29 is 4.79 Å². The first kappa shape index (κ1) is 13.5. The third kappa shape index (κ3) is 3.46. The Kier molecular flexibility index (Phi) is 4.33. The van der Waals surface area contributed by atoms with Gasteiger partial charge in [-0.1, -0.05) is 6.92 Å². The van der Waals surface area contributed by atoms with Gasteiger partial charge in [-0.25, -0.2) is 0 Å². The molecule has 1 unspecified atom stereocenters. The lowest BCUT2D eigenvalue weighted by molar-refractivity contribution is -0.127. The summed E-state index contributed by atoms with van der Waals surface area (Å²) in [5.74, 6) is 0.112. The van der Waals surface area contributed by atoms with Gasteiger partial charge >= 0.3 is 0 Å². The highest BCUT2D eigenvalue weighted by molar-refractivity contribution is 5.82. The largest absolute Gasteiger partial charge is 0.350 e. The van der Waals surface area contributed by atoms with Crippen molar-refractivity contribution in [3.63, 3.8) is 0 Å². The molecule has 1 aliphatic heterocycles. The molecule has 0 spiro atoms. The summed E-state index contributed by atoms with van der Waals surface area (Å²) < 4.78 is 0. The van der Waals surface area contributed by atoms with Gasteiger partial charge in [0.1, 0.15) is 0 Å². The molecule has 0 aromatic rings. The summed E-state index contributed by atoms with van der Waals surface area (Å²) in [6.45, 7) is 9.90. The highest BCUT2D eigenvalue weighted by Crippen LogP contribution is 2.13. The molecular formula is C12H25N3O. The molecule has 0 aliphatic carbocycles. The third-order valence-corrected chi connectivity index (χ3v) is 3.53. The van der Waals surface area contributed by atoms with Crippen LogP contribution < -0.4 is 11.1 Å². The van der Waals surface area contributed by atoms with Gasteiger partial charge in [0.2, 0.25) is 5.91 Å². The molecule has 1 saturated heterocycles. The second-order valence-electron chi connectivity index (χ2n) is 5.45. The zero-order valence-corrected chi connectivity index (χ0v) is 10.9. The van der Waals surface area contributed by atoms with Gasteiger partial charge in [0.15, 0.2) is 0 Å². The Morgan fingerprint density at radius 3 is 2.69 bits per heavy atom. The van der Waals surface area contributed by atoms with Crippen LogP contribution in [0.4, 0.5) is 0 Å². The lowest BCUT2D eigenvalue weighted by Crippen LogP contribution is -2.51. The summed E-state index contributed by atoms with van der Waals surface area (Å²) in [5.41, 5.74) is 5.73. The van der Waals surface area contributed by atoms with Crippen molar-refractivity contribution in [1.29, 1.82) is 0 Å². The van der Waals surface area contributed by atoms with Crippen LogP contribution in [0.25, 0.3) is 0 Å². The summed E-state index contributed by atoms with van der Waals surface area (Å²) in [6, 6.07) is 0.161. The van der Waals surface area contributed by atoms with E-state index in [4.69, 9.17) is 5.73 Å². The number of carbonyl (C=O) groups excluding carboxylic acids is 1. The van der Waals surface area contributed by atoms with Crippen LogP contribution in [-0.4, -0.2) is 41.5 Å². The van der Waals surface area contributed by atoms with E-state index in [9.17, 15) is 4.79 Å². The minimum absolute atomic E-state index is 0.0700. The lowest BCUT2D eigenvalue weighted by Gasteiger charge is -2.30. The number of likely N-dealkylation sites (tertiary alicyclic amines) is 1. The molecule has 1 fully saturated rings. The van der Waals surface area contributed by atoms with Crippen molar-refractivity contribution in [3.05, 3.63) is 0 Å². The van der Waals surface area contributed by atoms with E-state index in [1.807, 2.05) is 20.8 Å². The third-order valence-electron chi connectivity index (χ3n) is 3.53. The molecule has 16 heavy (non-hydrogen) atoms. The van der Waals surface area contributed by atoms with Gasteiger partial charge in [-0.2, -0.15) is 0 Å². The average molecular weight is 227 g/mol. The van der Waals surface area contributed by atoms with Crippen LogP contribution in [0.5, 0.6) is 0 Å².